The summed E-state index contributed by atoms with van der Waals surface area (Å²) in [6.07, 6.45) is 2.19. The van der Waals surface area contributed by atoms with Gasteiger partial charge in [0, 0.05) is 30.2 Å². The zero-order valence-corrected chi connectivity index (χ0v) is 11.8. The normalized spacial score (nSPS) is 15.9. The van der Waals surface area contributed by atoms with Crippen LogP contribution in [0.25, 0.3) is 10.9 Å². The summed E-state index contributed by atoms with van der Waals surface area (Å²) >= 11 is 0. The van der Waals surface area contributed by atoms with Crippen molar-refractivity contribution in [1.29, 1.82) is 0 Å². The number of likely N-dealkylation sites (tertiary alicyclic amines) is 1. The maximum absolute atomic E-state index is 13.1. The van der Waals surface area contributed by atoms with Crippen LogP contribution in [0.5, 0.6) is 0 Å². The third-order valence-electron chi connectivity index (χ3n) is 4.28. The number of rotatable bonds is 3. The molecule has 0 bridgehead atoms. The minimum atomic E-state index is -0.264. The molecule has 1 fully saturated rings. The fourth-order valence-corrected chi connectivity index (χ4v) is 2.72. The fourth-order valence-electron chi connectivity index (χ4n) is 2.72. The summed E-state index contributed by atoms with van der Waals surface area (Å²) in [4.78, 5) is 17.1. The molecule has 20 heavy (non-hydrogen) atoms. The number of amides is 1. The van der Waals surface area contributed by atoms with Gasteiger partial charge in [0.15, 0.2) is 0 Å². The van der Waals surface area contributed by atoms with Crippen LogP contribution in [0.1, 0.15) is 19.4 Å². The quantitative estimate of drug-likeness (QED) is 0.917. The fraction of sp³-hybridized carbons (Fsp3) is 0.438. The number of hydrogen-bond acceptors (Lipinski definition) is 1. The van der Waals surface area contributed by atoms with Crippen LogP contribution in [0.3, 0.4) is 0 Å². The molecule has 1 amide bonds. The van der Waals surface area contributed by atoms with Crippen molar-refractivity contribution in [3.63, 3.8) is 0 Å². The van der Waals surface area contributed by atoms with Gasteiger partial charge in [-0.2, -0.15) is 0 Å². The molecule has 3 rings (SSSR count). The van der Waals surface area contributed by atoms with Crippen LogP contribution in [0.15, 0.2) is 24.4 Å². The molecule has 0 saturated carbocycles. The Morgan fingerprint density at radius 3 is 2.90 bits per heavy atom. The SMILES string of the molecule is CC(C)C1CN(C(=O)Cc2c[nH]c3cc(F)ccc23)C1. The van der Waals surface area contributed by atoms with Crippen molar-refractivity contribution in [2.75, 3.05) is 13.1 Å². The maximum atomic E-state index is 13.1. The summed E-state index contributed by atoms with van der Waals surface area (Å²) in [5, 5.41) is 0.931. The first-order valence-electron chi connectivity index (χ1n) is 7.08. The molecule has 1 aromatic carbocycles. The number of halogens is 1. The van der Waals surface area contributed by atoms with E-state index in [2.05, 4.69) is 18.8 Å². The summed E-state index contributed by atoms with van der Waals surface area (Å²) in [6, 6.07) is 4.63. The van der Waals surface area contributed by atoms with Gasteiger partial charge in [-0.25, -0.2) is 4.39 Å². The lowest BCUT2D eigenvalue weighted by molar-refractivity contribution is -0.137. The number of aromatic nitrogens is 1. The minimum absolute atomic E-state index is 0.159. The standard InChI is InChI=1S/C16H19FN2O/c1-10(2)12-8-19(9-12)16(20)5-11-7-18-15-6-13(17)3-4-14(11)15/h3-4,6-7,10,12,18H,5,8-9H2,1-2H3. The monoisotopic (exact) mass is 274 g/mol. The van der Waals surface area contributed by atoms with E-state index < -0.39 is 0 Å². The first-order valence-corrected chi connectivity index (χ1v) is 7.08. The van der Waals surface area contributed by atoms with Crippen LogP contribution < -0.4 is 0 Å². The van der Waals surface area contributed by atoms with Crippen LogP contribution in [0.2, 0.25) is 0 Å². The van der Waals surface area contributed by atoms with E-state index in [1.807, 2.05) is 11.1 Å². The predicted octanol–water partition coefficient (Wildman–Crippen LogP) is 2.96. The molecule has 106 valence electrons. The second-order valence-electron chi connectivity index (χ2n) is 5.98. The Labute approximate surface area is 117 Å². The van der Waals surface area contributed by atoms with Crippen molar-refractivity contribution >= 4 is 16.8 Å². The summed E-state index contributed by atoms with van der Waals surface area (Å²) < 4.78 is 13.1. The van der Waals surface area contributed by atoms with Gasteiger partial charge >= 0.3 is 0 Å². The summed E-state index contributed by atoms with van der Waals surface area (Å²) in [6.45, 7) is 6.13. The molecule has 1 aliphatic heterocycles. The molecule has 0 atom stereocenters. The number of hydrogen-bond donors (Lipinski definition) is 1. The highest BCUT2D eigenvalue weighted by Crippen LogP contribution is 2.25. The van der Waals surface area contributed by atoms with Crippen LogP contribution in [-0.4, -0.2) is 28.9 Å². The zero-order valence-electron chi connectivity index (χ0n) is 11.8. The van der Waals surface area contributed by atoms with E-state index in [9.17, 15) is 9.18 Å². The highest BCUT2D eigenvalue weighted by atomic mass is 19.1. The smallest absolute Gasteiger partial charge is 0.227 e. The summed E-state index contributed by atoms with van der Waals surface area (Å²) in [5.41, 5.74) is 1.69. The summed E-state index contributed by atoms with van der Waals surface area (Å²) in [5.74, 6) is 1.16. The van der Waals surface area contributed by atoms with Crippen molar-refractivity contribution < 1.29 is 9.18 Å². The first-order chi connectivity index (χ1) is 9.54. The Balaban J connectivity index is 1.69. The molecule has 4 heteroatoms. The molecule has 0 spiro atoms. The Bertz CT molecular complexity index is 641. The Kier molecular flexibility index (Phi) is 3.24. The number of fused-ring (bicyclic) bond motifs is 1. The summed E-state index contributed by atoms with van der Waals surface area (Å²) in [7, 11) is 0. The van der Waals surface area contributed by atoms with Gasteiger partial charge in [0.1, 0.15) is 5.82 Å². The minimum Gasteiger partial charge on any atom is -0.361 e. The first kappa shape index (κ1) is 13.2. The van der Waals surface area contributed by atoms with Crippen molar-refractivity contribution in [2.45, 2.75) is 20.3 Å². The second kappa shape index (κ2) is 4.93. The molecule has 1 aliphatic rings. The van der Waals surface area contributed by atoms with Gasteiger partial charge in [0.05, 0.1) is 6.42 Å². The Morgan fingerprint density at radius 1 is 1.45 bits per heavy atom. The molecule has 1 aromatic heterocycles. The second-order valence-corrected chi connectivity index (χ2v) is 5.98. The molecule has 1 saturated heterocycles. The molecular formula is C16H19FN2O. The highest BCUT2D eigenvalue weighted by Gasteiger charge is 2.32. The van der Waals surface area contributed by atoms with Gasteiger partial charge in [0.2, 0.25) is 5.91 Å². The number of nitrogens with zero attached hydrogens (tertiary/aromatic N) is 1. The number of benzene rings is 1. The van der Waals surface area contributed by atoms with E-state index in [4.69, 9.17) is 0 Å². The van der Waals surface area contributed by atoms with Gasteiger partial charge < -0.3 is 9.88 Å². The van der Waals surface area contributed by atoms with E-state index >= 15 is 0 Å². The van der Waals surface area contributed by atoms with Gasteiger partial charge in [-0.05, 0) is 35.6 Å². The van der Waals surface area contributed by atoms with Crippen LogP contribution >= 0.6 is 0 Å². The lowest BCUT2D eigenvalue weighted by atomic mass is 9.88. The van der Waals surface area contributed by atoms with Gasteiger partial charge in [0.25, 0.3) is 0 Å². The number of H-pyrrole nitrogens is 1. The Hall–Kier alpha value is -1.84. The van der Waals surface area contributed by atoms with Crippen LogP contribution in [-0.2, 0) is 11.2 Å². The lowest BCUT2D eigenvalue weighted by Crippen LogP contribution is -2.52. The average Bonchev–Trinajstić information content (AvgIpc) is 2.69. The number of carbonyl (C=O) groups is 1. The van der Waals surface area contributed by atoms with E-state index in [-0.39, 0.29) is 11.7 Å². The third-order valence-corrected chi connectivity index (χ3v) is 4.28. The molecule has 0 aliphatic carbocycles. The van der Waals surface area contributed by atoms with Gasteiger partial charge in [-0.1, -0.05) is 13.8 Å². The van der Waals surface area contributed by atoms with E-state index in [0.717, 1.165) is 29.6 Å². The Morgan fingerprint density at radius 2 is 2.20 bits per heavy atom. The topological polar surface area (TPSA) is 36.1 Å². The average molecular weight is 274 g/mol. The lowest BCUT2D eigenvalue weighted by Gasteiger charge is -2.41. The van der Waals surface area contributed by atoms with Gasteiger partial charge in [-0.3, -0.25) is 4.79 Å². The van der Waals surface area contributed by atoms with E-state index in [1.54, 1.807) is 6.07 Å². The maximum Gasteiger partial charge on any atom is 0.227 e. The number of nitrogens with one attached hydrogen (secondary N) is 1. The highest BCUT2D eigenvalue weighted by molar-refractivity contribution is 5.89. The molecule has 2 heterocycles. The van der Waals surface area contributed by atoms with Crippen LogP contribution in [0, 0.1) is 17.7 Å². The van der Waals surface area contributed by atoms with E-state index in [1.165, 1.54) is 12.1 Å². The molecule has 3 nitrogen and oxygen atoms in total. The van der Waals surface area contributed by atoms with Crippen molar-refractivity contribution in [3.05, 3.63) is 35.8 Å². The number of aromatic amines is 1. The van der Waals surface area contributed by atoms with Crippen molar-refractivity contribution in [2.24, 2.45) is 11.8 Å². The predicted molar refractivity (Wildman–Crippen MR) is 76.9 cm³/mol. The largest absolute Gasteiger partial charge is 0.361 e. The number of carbonyl (C=O) groups excluding carboxylic acids is 1. The van der Waals surface area contributed by atoms with Gasteiger partial charge in [-0.15, -0.1) is 0 Å². The van der Waals surface area contributed by atoms with E-state index in [0.29, 0.717) is 18.3 Å². The van der Waals surface area contributed by atoms with Crippen molar-refractivity contribution in [3.8, 4) is 0 Å². The van der Waals surface area contributed by atoms with Crippen LogP contribution in [0.4, 0.5) is 4.39 Å². The molecule has 2 aromatic rings. The molecule has 0 radical (unpaired) electrons. The molecular weight excluding hydrogens is 255 g/mol. The molecule has 0 unspecified atom stereocenters. The van der Waals surface area contributed by atoms with Crippen molar-refractivity contribution in [1.82, 2.24) is 9.88 Å². The molecule has 1 N–H and O–H groups in total. The third kappa shape index (κ3) is 2.30. The zero-order chi connectivity index (χ0) is 14.3.